The summed E-state index contributed by atoms with van der Waals surface area (Å²) in [5.41, 5.74) is 0. The number of alkyl halides is 3. The molecule has 4 nitrogen and oxygen atoms in total. The fourth-order valence-corrected chi connectivity index (χ4v) is 1.91. The zero-order chi connectivity index (χ0) is 13.8. The van der Waals surface area contributed by atoms with Gasteiger partial charge in [0.1, 0.15) is 6.04 Å². The molecule has 0 aromatic rings. The fraction of sp³-hybridized carbons (Fsp3) is 0.909. The van der Waals surface area contributed by atoms with Crippen LogP contribution in [0, 0.1) is 0 Å². The summed E-state index contributed by atoms with van der Waals surface area (Å²) in [6.07, 6.45) is -2.49. The van der Waals surface area contributed by atoms with Gasteiger partial charge in [-0.15, -0.1) is 0 Å². The molecule has 0 spiro atoms. The van der Waals surface area contributed by atoms with Gasteiger partial charge in [0.25, 0.3) is 0 Å². The lowest BCUT2D eigenvalue weighted by molar-refractivity contribution is -0.148. The van der Waals surface area contributed by atoms with Crippen molar-refractivity contribution in [3.8, 4) is 0 Å². The predicted molar refractivity (Wildman–Crippen MR) is 60.4 cm³/mol. The molecule has 1 unspecified atom stereocenters. The first-order valence-corrected chi connectivity index (χ1v) is 6.10. The molecule has 2 N–H and O–H groups in total. The van der Waals surface area contributed by atoms with Crippen LogP contribution in [0.4, 0.5) is 13.2 Å². The highest BCUT2D eigenvalue weighted by Crippen LogP contribution is 2.30. The minimum Gasteiger partial charge on any atom is -0.480 e. The Bertz CT molecular complexity index is 280. The predicted octanol–water partition coefficient (Wildman–Crippen LogP) is 1.47. The number of hydrogen-bond donors (Lipinski definition) is 2. The van der Waals surface area contributed by atoms with Crippen molar-refractivity contribution in [2.24, 2.45) is 0 Å². The summed E-state index contributed by atoms with van der Waals surface area (Å²) in [4.78, 5) is 12.2. The summed E-state index contributed by atoms with van der Waals surface area (Å²) in [6.45, 7) is 1.47. The summed E-state index contributed by atoms with van der Waals surface area (Å²) >= 11 is 0. The Kier molecular flexibility index (Phi) is 5.40. The second-order valence-corrected chi connectivity index (χ2v) is 4.55. The molecule has 1 rings (SSSR count). The molecule has 0 aromatic carbocycles. The number of carbonyl (C=O) groups is 1. The van der Waals surface area contributed by atoms with Gasteiger partial charge >= 0.3 is 12.1 Å². The largest absolute Gasteiger partial charge is 0.480 e. The second kappa shape index (κ2) is 6.38. The number of likely N-dealkylation sites (N-methyl/N-ethyl adjacent to an activating group) is 1. The summed E-state index contributed by atoms with van der Waals surface area (Å²) in [7, 11) is 0. The molecule has 0 aliphatic heterocycles. The maximum absolute atomic E-state index is 12.4. The first-order chi connectivity index (χ1) is 8.33. The van der Waals surface area contributed by atoms with Crippen molar-refractivity contribution >= 4 is 5.97 Å². The zero-order valence-electron chi connectivity index (χ0n) is 10.3. The van der Waals surface area contributed by atoms with E-state index in [9.17, 15) is 18.0 Å². The Morgan fingerprint density at radius 2 is 2.11 bits per heavy atom. The maximum atomic E-state index is 12.4. The van der Waals surface area contributed by atoms with Gasteiger partial charge in [-0.05, 0) is 25.8 Å². The summed E-state index contributed by atoms with van der Waals surface area (Å²) < 4.78 is 37.1. The number of hydrogen-bond acceptors (Lipinski definition) is 3. The number of nitrogens with one attached hydrogen (secondary N) is 1. The molecule has 1 fully saturated rings. The quantitative estimate of drug-likeness (QED) is 0.700. The zero-order valence-corrected chi connectivity index (χ0v) is 10.3. The molecule has 0 bridgehead atoms. The molecular formula is C11H19F3N2O2. The van der Waals surface area contributed by atoms with Gasteiger partial charge in [-0.25, -0.2) is 0 Å². The summed E-state index contributed by atoms with van der Waals surface area (Å²) in [5, 5.41) is 11.7. The van der Waals surface area contributed by atoms with E-state index in [1.54, 1.807) is 6.92 Å². The van der Waals surface area contributed by atoms with E-state index in [0.717, 1.165) is 12.8 Å². The van der Waals surface area contributed by atoms with Crippen LogP contribution in [0.15, 0.2) is 0 Å². The van der Waals surface area contributed by atoms with E-state index < -0.39 is 24.7 Å². The van der Waals surface area contributed by atoms with E-state index in [1.807, 2.05) is 0 Å². The van der Waals surface area contributed by atoms with Gasteiger partial charge in [-0.2, -0.15) is 13.2 Å². The van der Waals surface area contributed by atoms with Crippen LogP contribution in [0.1, 0.15) is 26.2 Å². The Hall–Kier alpha value is -0.820. The van der Waals surface area contributed by atoms with Crippen molar-refractivity contribution in [2.75, 3.05) is 19.6 Å². The fourth-order valence-electron chi connectivity index (χ4n) is 1.91. The third-order valence-electron chi connectivity index (χ3n) is 2.90. The Morgan fingerprint density at radius 3 is 2.50 bits per heavy atom. The molecular weight excluding hydrogens is 249 g/mol. The van der Waals surface area contributed by atoms with Gasteiger partial charge in [0, 0.05) is 12.6 Å². The van der Waals surface area contributed by atoms with Crippen LogP contribution in [-0.2, 0) is 4.79 Å². The first-order valence-electron chi connectivity index (χ1n) is 6.10. The van der Waals surface area contributed by atoms with E-state index >= 15 is 0 Å². The lowest BCUT2D eigenvalue weighted by Gasteiger charge is -2.25. The highest BCUT2D eigenvalue weighted by atomic mass is 19.4. The molecule has 18 heavy (non-hydrogen) atoms. The van der Waals surface area contributed by atoms with Crippen LogP contribution < -0.4 is 5.32 Å². The van der Waals surface area contributed by atoms with Crippen LogP contribution in [0.5, 0.6) is 0 Å². The van der Waals surface area contributed by atoms with Gasteiger partial charge in [0.15, 0.2) is 0 Å². The number of carboxylic acid groups (broad SMARTS) is 1. The standard InChI is InChI=1S/C11H19F3N2O2/c1-2-15-9(10(17)18)5-6-16(8-3-4-8)7-11(12,13)14/h8-9,15H,2-7H2,1H3,(H,17,18). The minimum atomic E-state index is -4.22. The van der Waals surface area contributed by atoms with Crippen LogP contribution in [0.25, 0.3) is 0 Å². The molecule has 0 aromatic heterocycles. The first kappa shape index (κ1) is 15.2. The van der Waals surface area contributed by atoms with Gasteiger partial charge < -0.3 is 10.4 Å². The molecule has 1 atom stereocenters. The molecule has 1 aliphatic rings. The molecule has 0 amide bonds. The van der Waals surface area contributed by atoms with Crippen molar-refractivity contribution < 1.29 is 23.1 Å². The van der Waals surface area contributed by atoms with Crippen molar-refractivity contribution in [2.45, 2.75) is 44.4 Å². The number of halogens is 3. The average Bonchev–Trinajstić information content (AvgIpc) is 3.03. The van der Waals surface area contributed by atoms with Crippen LogP contribution in [0.3, 0.4) is 0 Å². The third-order valence-corrected chi connectivity index (χ3v) is 2.90. The van der Waals surface area contributed by atoms with Crippen LogP contribution in [0.2, 0.25) is 0 Å². The smallest absolute Gasteiger partial charge is 0.401 e. The summed E-state index contributed by atoms with van der Waals surface area (Å²) in [5.74, 6) is -1.01. The highest BCUT2D eigenvalue weighted by Gasteiger charge is 2.38. The number of nitrogens with zero attached hydrogens (tertiary/aromatic N) is 1. The molecule has 0 heterocycles. The maximum Gasteiger partial charge on any atom is 0.401 e. The SMILES string of the molecule is CCNC(CCN(CC(F)(F)F)C1CC1)C(=O)O. The summed E-state index contributed by atoms with van der Waals surface area (Å²) in [6, 6.07) is -0.799. The van der Waals surface area contributed by atoms with Gasteiger partial charge in [0.05, 0.1) is 6.54 Å². The van der Waals surface area contributed by atoms with E-state index in [0.29, 0.717) is 6.54 Å². The Labute approximate surface area is 104 Å². The Balaban J connectivity index is 2.43. The lowest BCUT2D eigenvalue weighted by atomic mass is 10.2. The van der Waals surface area contributed by atoms with E-state index in [2.05, 4.69) is 5.32 Å². The van der Waals surface area contributed by atoms with Crippen molar-refractivity contribution in [1.29, 1.82) is 0 Å². The van der Waals surface area contributed by atoms with E-state index in [4.69, 9.17) is 5.11 Å². The second-order valence-electron chi connectivity index (χ2n) is 4.55. The minimum absolute atomic E-state index is 0.0253. The Morgan fingerprint density at radius 1 is 1.50 bits per heavy atom. The topological polar surface area (TPSA) is 52.6 Å². The molecule has 106 valence electrons. The molecule has 7 heteroatoms. The highest BCUT2D eigenvalue weighted by molar-refractivity contribution is 5.73. The van der Waals surface area contributed by atoms with Crippen molar-refractivity contribution in [3.05, 3.63) is 0 Å². The number of aliphatic carboxylic acids is 1. The normalized spacial score (nSPS) is 18.1. The van der Waals surface area contributed by atoms with Crippen LogP contribution >= 0.6 is 0 Å². The average molecular weight is 268 g/mol. The number of rotatable bonds is 8. The monoisotopic (exact) mass is 268 g/mol. The molecule has 1 aliphatic carbocycles. The van der Waals surface area contributed by atoms with Gasteiger partial charge in [-0.1, -0.05) is 6.92 Å². The lowest BCUT2D eigenvalue weighted by Crippen LogP contribution is -2.42. The van der Waals surface area contributed by atoms with Crippen LogP contribution in [-0.4, -0.2) is 53.9 Å². The number of carboxylic acids is 1. The molecule has 1 saturated carbocycles. The molecule has 0 saturated heterocycles. The van der Waals surface area contributed by atoms with Gasteiger partial charge in [0.2, 0.25) is 0 Å². The van der Waals surface area contributed by atoms with Crippen molar-refractivity contribution in [1.82, 2.24) is 10.2 Å². The van der Waals surface area contributed by atoms with E-state index in [1.165, 1.54) is 4.90 Å². The van der Waals surface area contributed by atoms with Gasteiger partial charge in [-0.3, -0.25) is 9.69 Å². The van der Waals surface area contributed by atoms with E-state index in [-0.39, 0.29) is 19.0 Å². The van der Waals surface area contributed by atoms with Crippen molar-refractivity contribution in [3.63, 3.8) is 0 Å². The molecule has 0 radical (unpaired) electrons. The third kappa shape index (κ3) is 5.68.